The van der Waals surface area contributed by atoms with Crippen LogP contribution in [-0.2, 0) is 14.3 Å². The molecule has 3 aromatic rings. The van der Waals surface area contributed by atoms with Gasteiger partial charge >= 0.3 is 6.09 Å². The van der Waals surface area contributed by atoms with Crippen molar-refractivity contribution < 1.29 is 29.3 Å². The summed E-state index contributed by atoms with van der Waals surface area (Å²) in [6.45, 7) is 7.93. The van der Waals surface area contributed by atoms with Crippen molar-refractivity contribution in [2.75, 3.05) is 11.9 Å². The number of aromatic hydroxyl groups is 1. The van der Waals surface area contributed by atoms with Crippen LogP contribution in [-0.4, -0.2) is 57.3 Å². The molecule has 9 heteroatoms. The monoisotopic (exact) mass is 535 g/mol. The predicted molar refractivity (Wildman–Crippen MR) is 150 cm³/mol. The van der Waals surface area contributed by atoms with Gasteiger partial charge in [0.25, 0.3) is 5.91 Å². The number of carbonyl (C=O) groups is 3. The minimum atomic E-state index is -1.38. The van der Waals surface area contributed by atoms with Gasteiger partial charge in [0.05, 0.1) is 6.61 Å². The Morgan fingerprint density at radius 2 is 1.62 bits per heavy atom. The van der Waals surface area contributed by atoms with E-state index in [4.69, 9.17) is 4.74 Å². The first-order chi connectivity index (χ1) is 18.4. The Morgan fingerprint density at radius 3 is 2.23 bits per heavy atom. The van der Waals surface area contributed by atoms with E-state index in [9.17, 15) is 24.6 Å². The summed E-state index contributed by atoms with van der Waals surface area (Å²) in [5, 5.41) is 28.0. The molecule has 0 bridgehead atoms. The van der Waals surface area contributed by atoms with E-state index in [-0.39, 0.29) is 11.3 Å². The zero-order chi connectivity index (χ0) is 28.7. The summed E-state index contributed by atoms with van der Waals surface area (Å²) in [4.78, 5) is 41.5. The van der Waals surface area contributed by atoms with Crippen LogP contribution in [0.25, 0.3) is 10.8 Å². The van der Waals surface area contributed by atoms with Gasteiger partial charge in [0.2, 0.25) is 5.91 Å². The number of anilines is 1. The van der Waals surface area contributed by atoms with Crippen molar-refractivity contribution in [3.05, 3.63) is 72.3 Å². The summed E-state index contributed by atoms with van der Waals surface area (Å²) >= 11 is 0. The smallest absolute Gasteiger partial charge is 0.408 e. The second-order valence-electron chi connectivity index (χ2n) is 10.4. The van der Waals surface area contributed by atoms with Crippen LogP contribution < -0.4 is 10.6 Å². The average molecular weight is 536 g/mol. The molecule has 3 rings (SSSR count). The van der Waals surface area contributed by atoms with Crippen molar-refractivity contribution in [1.82, 2.24) is 10.2 Å². The lowest BCUT2D eigenvalue weighted by atomic mass is 9.99. The number of phenolic OH excluding ortho intramolecular Hbond substituents is 1. The number of benzene rings is 3. The quantitative estimate of drug-likeness (QED) is 0.313. The molecule has 3 amide bonds. The summed E-state index contributed by atoms with van der Waals surface area (Å²) in [6, 6.07) is 16.3. The maximum atomic E-state index is 13.9. The summed E-state index contributed by atoms with van der Waals surface area (Å²) in [5.74, 6) is -1.42. The van der Waals surface area contributed by atoms with E-state index in [2.05, 4.69) is 10.6 Å². The van der Waals surface area contributed by atoms with E-state index in [0.717, 1.165) is 10.8 Å². The SMILES string of the molecule is CCC(C)N(C(=O)C(CO)NC(=O)OC(C)(C)C)C(C(=O)Nc1ccc2ccccc2c1)c1ccccc1O. The number of alkyl carbamates (subject to hydrolysis) is 1. The number of fused-ring (bicyclic) bond motifs is 1. The van der Waals surface area contributed by atoms with E-state index < -0.39 is 48.2 Å². The molecule has 0 heterocycles. The van der Waals surface area contributed by atoms with Crippen LogP contribution in [0.2, 0.25) is 0 Å². The molecule has 0 radical (unpaired) electrons. The molecule has 0 saturated carbocycles. The van der Waals surface area contributed by atoms with Crippen LogP contribution in [0, 0.1) is 0 Å². The predicted octanol–water partition coefficient (Wildman–Crippen LogP) is 4.74. The molecule has 3 atom stereocenters. The topological polar surface area (TPSA) is 128 Å². The number of rotatable bonds is 9. The summed E-state index contributed by atoms with van der Waals surface area (Å²) < 4.78 is 5.26. The number of ether oxygens (including phenoxy) is 1. The van der Waals surface area contributed by atoms with Crippen molar-refractivity contribution >= 4 is 34.4 Å². The van der Waals surface area contributed by atoms with E-state index in [1.165, 1.54) is 11.0 Å². The van der Waals surface area contributed by atoms with Gasteiger partial charge in [-0.25, -0.2) is 4.79 Å². The van der Waals surface area contributed by atoms with Crippen LogP contribution in [0.4, 0.5) is 10.5 Å². The van der Waals surface area contributed by atoms with Gasteiger partial charge in [-0.15, -0.1) is 0 Å². The summed E-state index contributed by atoms with van der Waals surface area (Å²) in [7, 11) is 0. The van der Waals surface area contributed by atoms with E-state index in [1.54, 1.807) is 52.0 Å². The van der Waals surface area contributed by atoms with Crippen molar-refractivity contribution in [3.8, 4) is 5.75 Å². The standard InChI is InChI=1S/C30H37N3O6/c1-6-19(2)33(28(37)24(18-34)32-29(38)39-30(3,4)5)26(23-13-9-10-14-25(23)35)27(36)31-22-16-15-20-11-7-8-12-21(20)17-22/h7-17,19,24,26,34-35H,6,18H2,1-5H3,(H,31,36)(H,32,38). The second kappa shape index (κ2) is 12.6. The van der Waals surface area contributed by atoms with Gasteiger partial charge in [-0.2, -0.15) is 0 Å². The number of nitrogens with zero attached hydrogens (tertiary/aromatic N) is 1. The molecule has 4 N–H and O–H groups in total. The number of aliphatic hydroxyl groups is 1. The molecule has 3 unspecified atom stereocenters. The fourth-order valence-corrected chi connectivity index (χ4v) is 4.22. The van der Waals surface area contributed by atoms with Crippen LogP contribution in [0.1, 0.15) is 52.6 Å². The Kier molecular flexibility index (Phi) is 9.53. The highest BCUT2D eigenvalue weighted by molar-refractivity contribution is 6.00. The highest BCUT2D eigenvalue weighted by Gasteiger charge is 2.39. The summed E-state index contributed by atoms with van der Waals surface area (Å²) in [5.41, 5.74) is -0.0959. The lowest BCUT2D eigenvalue weighted by molar-refractivity contribution is -0.144. The van der Waals surface area contributed by atoms with Gasteiger partial charge < -0.3 is 30.5 Å². The van der Waals surface area contributed by atoms with Gasteiger partial charge in [-0.1, -0.05) is 55.5 Å². The highest BCUT2D eigenvalue weighted by Crippen LogP contribution is 2.33. The molecule has 0 saturated heterocycles. The Labute approximate surface area is 228 Å². The molecule has 208 valence electrons. The van der Waals surface area contributed by atoms with Crippen LogP contribution >= 0.6 is 0 Å². The summed E-state index contributed by atoms with van der Waals surface area (Å²) in [6.07, 6.45) is -0.414. The van der Waals surface area contributed by atoms with Crippen LogP contribution in [0.15, 0.2) is 66.7 Å². The van der Waals surface area contributed by atoms with Gasteiger partial charge in [0, 0.05) is 17.3 Å². The molecule has 39 heavy (non-hydrogen) atoms. The number of para-hydroxylation sites is 1. The molecule has 0 aliphatic rings. The Hall–Kier alpha value is -4.11. The van der Waals surface area contributed by atoms with Gasteiger partial charge in [-0.3, -0.25) is 9.59 Å². The lowest BCUT2D eigenvalue weighted by Crippen LogP contribution is -2.56. The molecule has 0 aromatic heterocycles. The van der Waals surface area contributed by atoms with Gasteiger partial charge in [-0.05, 0) is 63.1 Å². The Bertz CT molecular complexity index is 1320. The number of hydrogen-bond donors (Lipinski definition) is 4. The fourth-order valence-electron chi connectivity index (χ4n) is 4.22. The molecule has 0 aliphatic heterocycles. The second-order valence-corrected chi connectivity index (χ2v) is 10.4. The van der Waals surface area contributed by atoms with Crippen molar-refractivity contribution in [3.63, 3.8) is 0 Å². The number of phenols is 1. The third-order valence-corrected chi connectivity index (χ3v) is 6.27. The minimum Gasteiger partial charge on any atom is -0.508 e. The molecule has 0 spiro atoms. The number of carbonyl (C=O) groups excluding carboxylic acids is 3. The Morgan fingerprint density at radius 1 is 0.974 bits per heavy atom. The Balaban J connectivity index is 2.02. The number of hydrogen-bond acceptors (Lipinski definition) is 6. The third-order valence-electron chi connectivity index (χ3n) is 6.27. The minimum absolute atomic E-state index is 0.169. The van der Waals surface area contributed by atoms with Crippen molar-refractivity contribution in [1.29, 1.82) is 0 Å². The first-order valence-corrected chi connectivity index (χ1v) is 12.9. The van der Waals surface area contributed by atoms with Gasteiger partial charge in [0.15, 0.2) is 0 Å². The van der Waals surface area contributed by atoms with E-state index in [1.807, 2.05) is 43.3 Å². The highest BCUT2D eigenvalue weighted by atomic mass is 16.6. The van der Waals surface area contributed by atoms with Crippen molar-refractivity contribution in [2.45, 2.75) is 64.8 Å². The van der Waals surface area contributed by atoms with Gasteiger partial charge in [0.1, 0.15) is 23.4 Å². The van der Waals surface area contributed by atoms with E-state index >= 15 is 0 Å². The molecule has 3 aromatic carbocycles. The molecule has 9 nitrogen and oxygen atoms in total. The number of amides is 3. The van der Waals surface area contributed by atoms with E-state index in [0.29, 0.717) is 12.1 Å². The normalized spacial score (nSPS) is 13.7. The van der Waals surface area contributed by atoms with Crippen molar-refractivity contribution in [2.24, 2.45) is 0 Å². The van der Waals surface area contributed by atoms with Crippen LogP contribution in [0.5, 0.6) is 5.75 Å². The average Bonchev–Trinajstić information content (AvgIpc) is 2.89. The lowest BCUT2D eigenvalue weighted by Gasteiger charge is -2.38. The maximum absolute atomic E-state index is 13.9. The number of nitrogens with one attached hydrogen (secondary N) is 2. The zero-order valence-electron chi connectivity index (χ0n) is 23.0. The molecular weight excluding hydrogens is 498 g/mol. The first-order valence-electron chi connectivity index (χ1n) is 12.9. The molecular formula is C30H37N3O6. The zero-order valence-corrected chi connectivity index (χ0v) is 23.0. The molecule has 0 aliphatic carbocycles. The molecule has 0 fully saturated rings. The maximum Gasteiger partial charge on any atom is 0.408 e. The largest absolute Gasteiger partial charge is 0.508 e. The first kappa shape index (κ1) is 29.4. The third kappa shape index (κ3) is 7.48. The number of aliphatic hydroxyl groups excluding tert-OH is 1. The van der Waals surface area contributed by atoms with Crippen LogP contribution in [0.3, 0.4) is 0 Å². The fraction of sp³-hybridized carbons (Fsp3) is 0.367.